The topological polar surface area (TPSA) is 55.4 Å². The lowest BCUT2D eigenvalue weighted by molar-refractivity contribution is -0.147. The van der Waals surface area contributed by atoms with Gasteiger partial charge in [0.2, 0.25) is 5.91 Å². The summed E-state index contributed by atoms with van der Waals surface area (Å²) in [5.74, 6) is 0.127. The predicted octanol–water partition coefficient (Wildman–Crippen LogP) is 3.63. The molecule has 1 rings (SSSR count). The Kier molecular flexibility index (Phi) is 8.70. The van der Waals surface area contributed by atoms with Crippen molar-refractivity contribution in [1.29, 1.82) is 0 Å². The van der Waals surface area contributed by atoms with Crippen molar-refractivity contribution in [2.24, 2.45) is 0 Å². The number of rotatable bonds is 7. The minimum absolute atomic E-state index is 0.196. The molecule has 0 saturated heterocycles. The standard InChI is InChI=1S/C12H16Br3NO3S2/c1-3-19-10(17)8(4-5-20-2)16-11(18)12(15)9(14)7(13)6-21-12/h6,8-9H,3-5H2,1-2H3,(H,16,18)/t8-,9?,12?/m0/s1. The molecular weight excluding hydrogens is 510 g/mol. The zero-order valence-corrected chi connectivity index (χ0v) is 17.9. The van der Waals surface area contributed by atoms with Crippen molar-refractivity contribution in [3.05, 3.63) is 9.89 Å². The highest BCUT2D eigenvalue weighted by atomic mass is 79.9. The number of nitrogens with one attached hydrogen (secondary N) is 1. The second-order valence-corrected chi connectivity index (χ2v) is 9.90. The number of thioether (sulfide) groups is 2. The molecule has 1 heterocycles. The third kappa shape index (κ3) is 5.16. The summed E-state index contributed by atoms with van der Waals surface area (Å²) in [5.41, 5.74) is 0. The first-order chi connectivity index (χ1) is 9.86. The lowest BCUT2D eigenvalue weighted by atomic mass is 10.2. The van der Waals surface area contributed by atoms with Gasteiger partial charge in [-0.1, -0.05) is 47.8 Å². The molecule has 0 aromatic rings. The van der Waals surface area contributed by atoms with Crippen LogP contribution in [0.15, 0.2) is 9.89 Å². The summed E-state index contributed by atoms with van der Waals surface area (Å²) in [5, 5.41) is 4.65. The molecule has 2 unspecified atom stereocenters. The summed E-state index contributed by atoms with van der Waals surface area (Å²) < 4.78 is 5.05. The van der Waals surface area contributed by atoms with Crippen LogP contribution in [0.2, 0.25) is 0 Å². The van der Waals surface area contributed by atoms with E-state index in [2.05, 4.69) is 53.1 Å². The van der Waals surface area contributed by atoms with Gasteiger partial charge < -0.3 is 10.1 Å². The lowest BCUT2D eigenvalue weighted by Gasteiger charge is -2.27. The van der Waals surface area contributed by atoms with Crippen LogP contribution in [0.5, 0.6) is 0 Å². The molecule has 0 aromatic heterocycles. The molecule has 3 atom stereocenters. The molecular formula is C12H16Br3NO3S2. The van der Waals surface area contributed by atoms with Crippen LogP contribution in [-0.4, -0.2) is 45.0 Å². The van der Waals surface area contributed by atoms with E-state index < -0.39 is 15.7 Å². The second-order valence-electron chi connectivity index (χ2n) is 4.19. The van der Waals surface area contributed by atoms with Crippen LogP contribution < -0.4 is 5.32 Å². The van der Waals surface area contributed by atoms with Gasteiger partial charge in [0.15, 0.2) is 3.66 Å². The highest BCUT2D eigenvalue weighted by molar-refractivity contribution is 9.16. The van der Waals surface area contributed by atoms with Gasteiger partial charge in [-0.25, -0.2) is 4.79 Å². The molecule has 120 valence electrons. The fourth-order valence-corrected chi connectivity index (χ4v) is 5.46. The SMILES string of the molecule is CCOC(=O)[C@H](CCSC)NC(=O)C1(Br)SC=C(Br)C1Br. The number of ether oxygens (including phenoxy) is 1. The van der Waals surface area contributed by atoms with E-state index in [1.807, 2.05) is 11.7 Å². The molecule has 0 aliphatic carbocycles. The van der Waals surface area contributed by atoms with Crippen molar-refractivity contribution in [3.8, 4) is 0 Å². The number of allylic oxidation sites excluding steroid dienone is 1. The van der Waals surface area contributed by atoms with Gasteiger partial charge in [0, 0.05) is 4.48 Å². The maximum Gasteiger partial charge on any atom is 0.328 e. The smallest absolute Gasteiger partial charge is 0.328 e. The van der Waals surface area contributed by atoms with E-state index in [-0.39, 0.29) is 10.7 Å². The number of esters is 1. The minimum Gasteiger partial charge on any atom is -0.464 e. The number of carbonyl (C=O) groups is 2. The predicted molar refractivity (Wildman–Crippen MR) is 101 cm³/mol. The van der Waals surface area contributed by atoms with Crippen molar-refractivity contribution < 1.29 is 14.3 Å². The highest BCUT2D eigenvalue weighted by Gasteiger charge is 2.48. The molecule has 9 heteroatoms. The number of halogens is 3. The largest absolute Gasteiger partial charge is 0.464 e. The zero-order valence-electron chi connectivity index (χ0n) is 11.5. The van der Waals surface area contributed by atoms with Gasteiger partial charge >= 0.3 is 5.97 Å². The van der Waals surface area contributed by atoms with Gasteiger partial charge in [0.25, 0.3) is 0 Å². The number of carbonyl (C=O) groups excluding carboxylic acids is 2. The van der Waals surface area contributed by atoms with Gasteiger partial charge in [-0.3, -0.25) is 4.79 Å². The van der Waals surface area contributed by atoms with Crippen molar-refractivity contribution in [3.63, 3.8) is 0 Å². The molecule has 0 radical (unpaired) electrons. The first-order valence-electron chi connectivity index (χ1n) is 6.19. The number of hydrogen-bond acceptors (Lipinski definition) is 5. The maximum absolute atomic E-state index is 12.5. The van der Waals surface area contributed by atoms with E-state index >= 15 is 0 Å². The molecule has 0 bridgehead atoms. The first-order valence-corrected chi connectivity index (χ1v) is 11.0. The van der Waals surface area contributed by atoms with Crippen molar-refractivity contribution in [2.45, 2.75) is 27.9 Å². The number of amides is 1. The second kappa shape index (κ2) is 9.20. The Morgan fingerprint density at radius 2 is 2.29 bits per heavy atom. The monoisotopic (exact) mass is 523 g/mol. The van der Waals surface area contributed by atoms with Crippen LogP contribution >= 0.6 is 71.3 Å². The highest BCUT2D eigenvalue weighted by Crippen LogP contribution is 2.51. The van der Waals surface area contributed by atoms with Gasteiger partial charge in [-0.05, 0) is 30.8 Å². The Labute approximate surface area is 158 Å². The third-order valence-electron chi connectivity index (χ3n) is 2.71. The maximum atomic E-state index is 12.5. The van der Waals surface area contributed by atoms with Crippen LogP contribution in [0.25, 0.3) is 0 Å². The average molecular weight is 526 g/mol. The quantitative estimate of drug-likeness (QED) is 0.406. The summed E-state index contributed by atoms with van der Waals surface area (Å²) in [6.07, 6.45) is 2.50. The van der Waals surface area contributed by atoms with Crippen LogP contribution in [0.1, 0.15) is 13.3 Å². The van der Waals surface area contributed by atoms with Crippen LogP contribution in [0.3, 0.4) is 0 Å². The van der Waals surface area contributed by atoms with Crippen LogP contribution in [0.4, 0.5) is 0 Å². The third-order valence-corrected chi connectivity index (χ3v) is 9.57. The van der Waals surface area contributed by atoms with Crippen molar-refractivity contribution >= 4 is 83.2 Å². The van der Waals surface area contributed by atoms with Gasteiger partial charge in [0.05, 0.1) is 11.4 Å². The van der Waals surface area contributed by atoms with Gasteiger partial charge in [-0.2, -0.15) is 11.8 Å². The lowest BCUT2D eigenvalue weighted by Crippen LogP contribution is -2.51. The Balaban J connectivity index is 2.74. The molecule has 0 spiro atoms. The van der Waals surface area contributed by atoms with E-state index in [0.29, 0.717) is 13.0 Å². The average Bonchev–Trinajstić information content (AvgIpc) is 2.72. The van der Waals surface area contributed by atoms with Crippen LogP contribution in [-0.2, 0) is 14.3 Å². The van der Waals surface area contributed by atoms with E-state index in [1.54, 1.807) is 18.7 Å². The fraction of sp³-hybridized carbons (Fsp3) is 0.667. The number of hydrogen-bond donors (Lipinski definition) is 1. The fourth-order valence-electron chi connectivity index (χ4n) is 1.59. The van der Waals surface area contributed by atoms with Crippen molar-refractivity contribution in [2.75, 3.05) is 18.6 Å². The molecule has 21 heavy (non-hydrogen) atoms. The molecule has 0 fully saturated rings. The normalized spacial score (nSPS) is 26.1. The summed E-state index contributed by atoms with van der Waals surface area (Å²) in [4.78, 5) is 24.3. The van der Waals surface area contributed by atoms with E-state index in [9.17, 15) is 9.59 Å². The summed E-state index contributed by atoms with van der Waals surface area (Å²) in [7, 11) is 0. The Morgan fingerprint density at radius 3 is 2.76 bits per heavy atom. The molecule has 4 nitrogen and oxygen atoms in total. The Hall–Kier alpha value is 0.820. The molecule has 0 saturated carbocycles. The van der Waals surface area contributed by atoms with Gasteiger partial charge in [-0.15, -0.1) is 11.8 Å². The first kappa shape index (κ1) is 19.9. The van der Waals surface area contributed by atoms with Crippen LogP contribution in [0, 0.1) is 0 Å². The van der Waals surface area contributed by atoms with E-state index in [0.717, 1.165) is 10.2 Å². The summed E-state index contributed by atoms with van der Waals surface area (Å²) in [6, 6.07) is -0.626. The molecule has 1 amide bonds. The Bertz CT molecular complexity index is 436. The van der Waals surface area contributed by atoms with E-state index in [4.69, 9.17) is 4.74 Å². The van der Waals surface area contributed by atoms with Crippen molar-refractivity contribution in [1.82, 2.24) is 5.32 Å². The summed E-state index contributed by atoms with van der Waals surface area (Å²) >= 11 is 13.3. The molecule has 1 N–H and O–H groups in total. The Morgan fingerprint density at radius 1 is 1.62 bits per heavy atom. The molecule has 0 aromatic carbocycles. The van der Waals surface area contributed by atoms with Gasteiger partial charge in [0.1, 0.15) is 6.04 Å². The molecule has 1 aliphatic heterocycles. The molecule has 1 aliphatic rings. The minimum atomic E-state index is -0.865. The summed E-state index contributed by atoms with van der Waals surface area (Å²) in [6.45, 7) is 2.05. The zero-order chi connectivity index (χ0) is 16.0. The number of alkyl halides is 2. The van der Waals surface area contributed by atoms with E-state index in [1.165, 1.54) is 11.8 Å².